The van der Waals surface area contributed by atoms with E-state index in [0.29, 0.717) is 5.56 Å². The average Bonchev–Trinajstić information content (AvgIpc) is 3.00. The molecule has 0 saturated carbocycles. The molecule has 1 aliphatic heterocycles. The Balaban J connectivity index is 1.75. The third kappa shape index (κ3) is 3.66. The number of hydrogen-bond acceptors (Lipinski definition) is 10. The summed E-state index contributed by atoms with van der Waals surface area (Å²) < 4.78 is 16.5. The van der Waals surface area contributed by atoms with Gasteiger partial charge in [0.25, 0.3) is 0 Å². The molecule has 2 heterocycles. The summed E-state index contributed by atoms with van der Waals surface area (Å²) in [7, 11) is 0. The molecular weight excluding hydrogens is 412 g/mol. The van der Waals surface area contributed by atoms with Gasteiger partial charge in [-0.25, -0.2) is 0 Å². The van der Waals surface area contributed by atoms with Crippen molar-refractivity contribution in [2.24, 2.45) is 0 Å². The Labute approximate surface area is 174 Å². The van der Waals surface area contributed by atoms with Crippen molar-refractivity contribution in [2.45, 2.75) is 37.6 Å². The highest BCUT2D eigenvalue weighted by Gasteiger charge is 2.46. The second-order valence-electron chi connectivity index (χ2n) is 7.28. The maximum Gasteiger partial charge on any atom is 0.238 e. The highest BCUT2D eigenvalue weighted by Crippen LogP contribution is 2.37. The van der Waals surface area contributed by atoms with Crippen LogP contribution >= 0.6 is 0 Å². The molecule has 1 aromatic heterocycles. The molecule has 5 atom stereocenters. The lowest BCUT2D eigenvalue weighted by molar-refractivity contribution is -0.128. The molecular formula is C21H20O10. The fourth-order valence-electron chi connectivity index (χ4n) is 3.44. The highest BCUT2D eigenvalue weighted by atomic mass is 16.7. The van der Waals surface area contributed by atoms with Crippen LogP contribution in [-0.2, 0) is 4.74 Å². The fourth-order valence-corrected chi connectivity index (χ4v) is 3.44. The summed E-state index contributed by atoms with van der Waals surface area (Å²) >= 11 is 0. The van der Waals surface area contributed by atoms with Gasteiger partial charge in [0.2, 0.25) is 17.5 Å². The number of benzene rings is 2. The van der Waals surface area contributed by atoms with Gasteiger partial charge in [-0.2, -0.15) is 0 Å². The number of fused-ring (bicyclic) bond motifs is 1. The third-order valence-corrected chi connectivity index (χ3v) is 5.04. The molecule has 1 aliphatic rings. The normalized spacial score (nSPS) is 24.4. The lowest BCUT2D eigenvalue weighted by atomic mass is 10.1. The van der Waals surface area contributed by atoms with Crippen LogP contribution < -0.4 is 10.2 Å². The van der Waals surface area contributed by atoms with Gasteiger partial charge in [-0.15, -0.1) is 0 Å². The number of aliphatic hydroxyl groups is 3. The van der Waals surface area contributed by atoms with Gasteiger partial charge in [0, 0.05) is 17.7 Å². The van der Waals surface area contributed by atoms with Crippen LogP contribution in [0.1, 0.15) is 6.92 Å². The predicted molar refractivity (Wildman–Crippen MR) is 106 cm³/mol. The van der Waals surface area contributed by atoms with Crippen LogP contribution in [0.3, 0.4) is 0 Å². The van der Waals surface area contributed by atoms with Gasteiger partial charge in [-0.1, -0.05) is 0 Å². The van der Waals surface area contributed by atoms with Crippen LogP contribution in [-0.4, -0.2) is 61.3 Å². The number of hydrogen-bond donors (Lipinski definition) is 6. The summed E-state index contributed by atoms with van der Waals surface area (Å²) in [6.07, 6.45) is -6.37. The van der Waals surface area contributed by atoms with Crippen molar-refractivity contribution in [1.29, 1.82) is 0 Å². The van der Waals surface area contributed by atoms with Gasteiger partial charge < -0.3 is 44.5 Å². The Morgan fingerprint density at radius 2 is 1.71 bits per heavy atom. The lowest BCUT2D eigenvalue weighted by Crippen LogP contribution is -2.38. The fraction of sp³-hybridized carbons (Fsp3) is 0.286. The van der Waals surface area contributed by atoms with E-state index >= 15 is 0 Å². The number of aromatic hydroxyl groups is 3. The van der Waals surface area contributed by atoms with Crippen LogP contribution in [0.4, 0.5) is 0 Å². The molecule has 10 nitrogen and oxygen atoms in total. The van der Waals surface area contributed by atoms with E-state index in [1.54, 1.807) is 0 Å². The molecule has 1 fully saturated rings. The van der Waals surface area contributed by atoms with Crippen LogP contribution in [0.2, 0.25) is 0 Å². The Bertz CT molecular complexity index is 1170. The maximum absolute atomic E-state index is 12.6. The largest absolute Gasteiger partial charge is 0.508 e. The SMILES string of the molecule is C[C@H](O)[C@@H]1OC(Oc2cc(O)c3c(=O)c(O)c(-c4ccc(O)cc4)oc3c2)[C@H](O)[C@@H]1O. The number of phenols is 2. The Morgan fingerprint density at radius 3 is 2.32 bits per heavy atom. The minimum absolute atomic E-state index is 0.0208. The average molecular weight is 432 g/mol. The topological polar surface area (TPSA) is 170 Å². The molecule has 0 spiro atoms. The third-order valence-electron chi connectivity index (χ3n) is 5.04. The van der Waals surface area contributed by atoms with E-state index in [1.165, 1.54) is 37.3 Å². The van der Waals surface area contributed by atoms with E-state index in [-0.39, 0.29) is 28.2 Å². The Morgan fingerprint density at radius 1 is 1.03 bits per heavy atom. The van der Waals surface area contributed by atoms with Gasteiger partial charge in [0.15, 0.2) is 5.76 Å². The molecule has 3 aromatic rings. The molecule has 0 amide bonds. The molecule has 10 heteroatoms. The quantitative estimate of drug-likeness (QED) is 0.346. The molecule has 0 radical (unpaired) electrons. The number of aliphatic hydroxyl groups excluding tert-OH is 3. The molecule has 0 bridgehead atoms. The van der Waals surface area contributed by atoms with E-state index < -0.39 is 47.6 Å². The van der Waals surface area contributed by atoms with E-state index in [9.17, 15) is 35.4 Å². The van der Waals surface area contributed by atoms with Crippen molar-refractivity contribution in [2.75, 3.05) is 0 Å². The summed E-state index contributed by atoms with van der Waals surface area (Å²) in [4.78, 5) is 12.6. The first-order valence-electron chi connectivity index (χ1n) is 9.36. The number of phenolic OH excluding ortho intramolecular Hbond substituents is 2. The molecule has 6 N–H and O–H groups in total. The van der Waals surface area contributed by atoms with Crippen molar-refractivity contribution in [1.82, 2.24) is 0 Å². The van der Waals surface area contributed by atoms with Crippen LogP contribution in [0.15, 0.2) is 45.6 Å². The summed E-state index contributed by atoms with van der Waals surface area (Å²) in [5.74, 6) is -1.53. The molecule has 31 heavy (non-hydrogen) atoms. The molecule has 2 aromatic carbocycles. The summed E-state index contributed by atoms with van der Waals surface area (Å²) in [5, 5.41) is 59.5. The minimum atomic E-state index is -1.48. The van der Waals surface area contributed by atoms with Crippen molar-refractivity contribution in [3.05, 3.63) is 46.6 Å². The van der Waals surface area contributed by atoms with Gasteiger partial charge in [-0.05, 0) is 31.2 Å². The van der Waals surface area contributed by atoms with Crippen molar-refractivity contribution >= 4 is 11.0 Å². The van der Waals surface area contributed by atoms with Gasteiger partial charge >= 0.3 is 0 Å². The van der Waals surface area contributed by atoms with Crippen molar-refractivity contribution in [3.8, 4) is 34.3 Å². The summed E-state index contributed by atoms with van der Waals surface area (Å²) in [5.41, 5.74) is -0.700. The number of ether oxygens (including phenoxy) is 2. The highest BCUT2D eigenvalue weighted by molar-refractivity contribution is 5.88. The summed E-state index contributed by atoms with van der Waals surface area (Å²) in [6.45, 7) is 1.39. The molecule has 1 saturated heterocycles. The maximum atomic E-state index is 12.6. The van der Waals surface area contributed by atoms with Crippen molar-refractivity contribution < 1.29 is 44.5 Å². The zero-order valence-electron chi connectivity index (χ0n) is 16.2. The molecule has 4 rings (SSSR count). The second-order valence-corrected chi connectivity index (χ2v) is 7.28. The predicted octanol–water partition coefficient (Wildman–Crippen LogP) is 0.783. The van der Waals surface area contributed by atoms with Gasteiger partial charge in [0.05, 0.1) is 6.10 Å². The monoisotopic (exact) mass is 432 g/mol. The zero-order valence-corrected chi connectivity index (χ0v) is 16.2. The number of rotatable bonds is 4. The Hall–Kier alpha value is -3.31. The standard InChI is InChI=1S/C21H20O10/c1-8(22)19-17(27)18(28)21(31-19)29-11-6-12(24)14-13(7-11)30-20(16(26)15(14)25)9-2-4-10(23)5-3-9/h2-8,17-19,21-24,26-28H,1H3/t8-,17-,18+,19-,21?/m0/s1. The zero-order chi connectivity index (χ0) is 22.4. The van der Waals surface area contributed by atoms with Gasteiger partial charge in [0.1, 0.15) is 46.5 Å². The first-order valence-corrected chi connectivity index (χ1v) is 9.36. The van der Waals surface area contributed by atoms with E-state index in [2.05, 4.69) is 0 Å². The van der Waals surface area contributed by atoms with Crippen molar-refractivity contribution in [3.63, 3.8) is 0 Å². The first-order chi connectivity index (χ1) is 14.7. The summed E-state index contributed by atoms with van der Waals surface area (Å²) in [6, 6.07) is 7.87. The molecule has 0 aliphatic carbocycles. The Kier molecular flexibility index (Phi) is 5.23. The van der Waals surface area contributed by atoms with E-state index in [1.807, 2.05) is 0 Å². The molecule has 1 unspecified atom stereocenters. The van der Waals surface area contributed by atoms with Crippen LogP contribution in [0.5, 0.6) is 23.0 Å². The van der Waals surface area contributed by atoms with Gasteiger partial charge in [-0.3, -0.25) is 4.79 Å². The van der Waals surface area contributed by atoms with E-state index in [4.69, 9.17) is 13.9 Å². The smallest absolute Gasteiger partial charge is 0.238 e. The lowest BCUT2D eigenvalue weighted by Gasteiger charge is -2.18. The molecule has 164 valence electrons. The first kappa shape index (κ1) is 20.9. The van der Waals surface area contributed by atoms with E-state index in [0.717, 1.165) is 6.07 Å². The minimum Gasteiger partial charge on any atom is -0.508 e. The van der Waals surface area contributed by atoms with Crippen LogP contribution in [0.25, 0.3) is 22.3 Å². The second kappa shape index (κ2) is 7.75. The van der Waals surface area contributed by atoms with Crippen LogP contribution in [0, 0.1) is 0 Å².